The monoisotopic (exact) mass is 306 g/mol. The first-order valence-corrected chi connectivity index (χ1v) is 7.43. The van der Waals surface area contributed by atoms with Gasteiger partial charge in [0, 0.05) is 37.7 Å². The highest BCUT2D eigenvalue weighted by Crippen LogP contribution is 2.22. The smallest absolute Gasteiger partial charge is 0.251 e. The van der Waals surface area contributed by atoms with Crippen LogP contribution in [0.3, 0.4) is 0 Å². The maximum atomic E-state index is 12.1. The van der Waals surface area contributed by atoms with E-state index in [2.05, 4.69) is 5.32 Å². The zero-order valence-electron chi connectivity index (χ0n) is 13.1. The van der Waals surface area contributed by atoms with Gasteiger partial charge in [-0.3, -0.25) is 9.59 Å². The maximum absolute atomic E-state index is 12.1. The molecule has 1 heterocycles. The Morgan fingerprint density at radius 2 is 1.68 bits per heavy atom. The fourth-order valence-corrected chi connectivity index (χ4v) is 2.45. The molecule has 0 bridgehead atoms. The van der Waals surface area contributed by atoms with Gasteiger partial charge in [-0.15, -0.1) is 0 Å². The molecule has 2 rings (SSSR count). The number of ether oxygens (including phenoxy) is 2. The van der Waals surface area contributed by atoms with Crippen LogP contribution in [0.2, 0.25) is 0 Å². The zero-order chi connectivity index (χ0) is 15.9. The number of rotatable bonds is 6. The molecule has 0 radical (unpaired) electrons. The minimum absolute atomic E-state index is 0.0982. The molecule has 0 unspecified atom stereocenters. The van der Waals surface area contributed by atoms with E-state index in [0.717, 1.165) is 25.9 Å². The molecule has 1 fully saturated rings. The van der Waals surface area contributed by atoms with E-state index < -0.39 is 0 Å². The fraction of sp³-hybridized carbons (Fsp3) is 0.500. The van der Waals surface area contributed by atoms with Crippen LogP contribution in [0.5, 0.6) is 11.5 Å². The van der Waals surface area contributed by atoms with E-state index in [9.17, 15) is 9.59 Å². The molecule has 0 atom stereocenters. The van der Waals surface area contributed by atoms with E-state index >= 15 is 0 Å². The van der Waals surface area contributed by atoms with Crippen LogP contribution in [0.25, 0.3) is 0 Å². The fourth-order valence-electron chi connectivity index (χ4n) is 2.45. The van der Waals surface area contributed by atoms with Gasteiger partial charge in [-0.1, -0.05) is 0 Å². The third kappa shape index (κ3) is 4.13. The van der Waals surface area contributed by atoms with Gasteiger partial charge in [-0.2, -0.15) is 0 Å². The molecule has 6 heteroatoms. The standard InChI is InChI=1S/C16H22N2O4/c1-21-13-9-12(10-14(11-13)22-2)16(20)17-6-5-15(19)18-7-3-4-8-18/h9-11H,3-8H2,1-2H3,(H,17,20). The molecule has 1 N–H and O–H groups in total. The largest absolute Gasteiger partial charge is 0.497 e. The lowest BCUT2D eigenvalue weighted by molar-refractivity contribution is -0.129. The number of nitrogens with zero attached hydrogens (tertiary/aromatic N) is 1. The first kappa shape index (κ1) is 16.1. The van der Waals surface area contributed by atoms with Gasteiger partial charge < -0.3 is 19.7 Å². The topological polar surface area (TPSA) is 67.9 Å². The second kappa shape index (κ2) is 7.68. The minimum atomic E-state index is -0.244. The highest BCUT2D eigenvalue weighted by atomic mass is 16.5. The van der Waals surface area contributed by atoms with Gasteiger partial charge in [0.25, 0.3) is 5.91 Å². The Bertz CT molecular complexity index is 517. The highest BCUT2D eigenvalue weighted by molar-refractivity contribution is 5.95. The van der Waals surface area contributed by atoms with Crippen molar-refractivity contribution in [1.29, 1.82) is 0 Å². The van der Waals surface area contributed by atoms with E-state index in [1.165, 1.54) is 14.2 Å². The van der Waals surface area contributed by atoms with Gasteiger partial charge in [0.15, 0.2) is 0 Å². The second-order valence-corrected chi connectivity index (χ2v) is 5.20. The molecule has 1 aliphatic heterocycles. The Kier molecular flexibility index (Phi) is 5.63. The van der Waals surface area contributed by atoms with Crippen molar-refractivity contribution in [3.63, 3.8) is 0 Å². The Balaban J connectivity index is 1.87. The van der Waals surface area contributed by atoms with E-state index in [0.29, 0.717) is 30.0 Å². The molecular formula is C16H22N2O4. The number of hydrogen-bond acceptors (Lipinski definition) is 4. The molecule has 22 heavy (non-hydrogen) atoms. The van der Waals surface area contributed by atoms with Crippen LogP contribution in [-0.2, 0) is 4.79 Å². The molecule has 120 valence electrons. The average Bonchev–Trinajstić information content (AvgIpc) is 3.08. The molecule has 0 saturated carbocycles. The molecular weight excluding hydrogens is 284 g/mol. The molecule has 1 aromatic rings. The zero-order valence-corrected chi connectivity index (χ0v) is 13.1. The SMILES string of the molecule is COc1cc(OC)cc(C(=O)NCCC(=O)N2CCCC2)c1. The number of carbonyl (C=O) groups is 2. The first-order valence-electron chi connectivity index (χ1n) is 7.43. The molecule has 6 nitrogen and oxygen atoms in total. The summed E-state index contributed by atoms with van der Waals surface area (Å²) in [7, 11) is 3.07. The molecule has 2 amide bonds. The molecule has 1 aliphatic rings. The first-order chi connectivity index (χ1) is 10.6. The van der Waals surface area contributed by atoms with Gasteiger partial charge >= 0.3 is 0 Å². The van der Waals surface area contributed by atoms with Crippen LogP contribution in [0.1, 0.15) is 29.6 Å². The van der Waals surface area contributed by atoms with Crippen molar-refractivity contribution < 1.29 is 19.1 Å². The van der Waals surface area contributed by atoms with Gasteiger partial charge in [0.2, 0.25) is 5.91 Å². The Morgan fingerprint density at radius 3 is 2.23 bits per heavy atom. The highest BCUT2D eigenvalue weighted by Gasteiger charge is 2.17. The lowest BCUT2D eigenvalue weighted by atomic mass is 10.2. The number of carbonyl (C=O) groups excluding carboxylic acids is 2. The van der Waals surface area contributed by atoms with Gasteiger partial charge in [-0.05, 0) is 25.0 Å². The van der Waals surface area contributed by atoms with Crippen molar-refractivity contribution in [1.82, 2.24) is 10.2 Å². The molecule has 0 aliphatic carbocycles. The number of hydrogen-bond donors (Lipinski definition) is 1. The third-order valence-corrected chi connectivity index (χ3v) is 3.70. The number of amides is 2. The summed E-state index contributed by atoms with van der Waals surface area (Å²) in [5.74, 6) is 0.961. The maximum Gasteiger partial charge on any atom is 0.251 e. The predicted octanol–water partition coefficient (Wildman–Crippen LogP) is 1.45. The number of likely N-dealkylation sites (tertiary alicyclic amines) is 1. The molecule has 0 aromatic heterocycles. The number of benzene rings is 1. The van der Waals surface area contributed by atoms with E-state index in [1.54, 1.807) is 18.2 Å². The second-order valence-electron chi connectivity index (χ2n) is 5.20. The Morgan fingerprint density at radius 1 is 1.09 bits per heavy atom. The third-order valence-electron chi connectivity index (χ3n) is 3.70. The summed E-state index contributed by atoms with van der Waals surface area (Å²) in [6.07, 6.45) is 2.47. The number of nitrogens with one attached hydrogen (secondary N) is 1. The molecule has 0 spiro atoms. The van der Waals surface area contributed by atoms with Crippen molar-refractivity contribution in [3.8, 4) is 11.5 Å². The van der Waals surface area contributed by atoms with Crippen LogP contribution in [-0.4, -0.2) is 50.6 Å². The summed E-state index contributed by atoms with van der Waals surface area (Å²) < 4.78 is 10.3. The quantitative estimate of drug-likeness (QED) is 0.863. The molecule has 1 aromatic carbocycles. The Labute approximate surface area is 130 Å². The van der Waals surface area contributed by atoms with Gasteiger partial charge in [-0.25, -0.2) is 0 Å². The average molecular weight is 306 g/mol. The summed E-state index contributed by atoms with van der Waals surface area (Å²) in [5, 5.41) is 2.76. The van der Waals surface area contributed by atoms with Crippen molar-refractivity contribution in [3.05, 3.63) is 23.8 Å². The van der Waals surface area contributed by atoms with Crippen molar-refractivity contribution in [2.45, 2.75) is 19.3 Å². The normalized spacial score (nSPS) is 13.8. The molecule has 1 saturated heterocycles. The summed E-state index contributed by atoms with van der Waals surface area (Å²) in [5.41, 5.74) is 0.449. The Hall–Kier alpha value is -2.24. The van der Waals surface area contributed by atoms with Crippen LogP contribution in [0, 0.1) is 0 Å². The van der Waals surface area contributed by atoms with Gasteiger partial charge in [0.05, 0.1) is 14.2 Å². The number of methoxy groups -OCH3 is 2. The van der Waals surface area contributed by atoms with E-state index in [4.69, 9.17) is 9.47 Å². The summed E-state index contributed by atoms with van der Waals surface area (Å²) in [6.45, 7) is 1.99. The van der Waals surface area contributed by atoms with E-state index in [1.807, 2.05) is 4.90 Å². The summed E-state index contributed by atoms with van der Waals surface area (Å²) in [4.78, 5) is 25.9. The predicted molar refractivity (Wildman–Crippen MR) is 82.3 cm³/mol. The van der Waals surface area contributed by atoms with Crippen molar-refractivity contribution in [2.24, 2.45) is 0 Å². The summed E-state index contributed by atoms with van der Waals surface area (Å²) >= 11 is 0. The van der Waals surface area contributed by atoms with Crippen molar-refractivity contribution in [2.75, 3.05) is 33.9 Å². The van der Waals surface area contributed by atoms with Gasteiger partial charge in [0.1, 0.15) is 11.5 Å². The van der Waals surface area contributed by atoms with Crippen LogP contribution >= 0.6 is 0 Å². The lowest BCUT2D eigenvalue weighted by Crippen LogP contribution is -2.32. The van der Waals surface area contributed by atoms with E-state index in [-0.39, 0.29) is 11.8 Å². The van der Waals surface area contributed by atoms with Crippen LogP contribution in [0.4, 0.5) is 0 Å². The van der Waals surface area contributed by atoms with Crippen LogP contribution < -0.4 is 14.8 Å². The minimum Gasteiger partial charge on any atom is -0.497 e. The lowest BCUT2D eigenvalue weighted by Gasteiger charge is -2.15. The summed E-state index contributed by atoms with van der Waals surface area (Å²) in [6, 6.07) is 4.98. The van der Waals surface area contributed by atoms with Crippen LogP contribution in [0.15, 0.2) is 18.2 Å². The van der Waals surface area contributed by atoms with Crippen molar-refractivity contribution >= 4 is 11.8 Å².